The molecule has 2 aliphatic heterocycles. The van der Waals surface area contributed by atoms with E-state index in [0.717, 1.165) is 68.1 Å². The van der Waals surface area contributed by atoms with Gasteiger partial charge in [-0.05, 0) is 68.5 Å². The minimum atomic E-state index is 0.0183. The second kappa shape index (κ2) is 11.2. The van der Waals surface area contributed by atoms with Gasteiger partial charge in [-0.3, -0.25) is 9.59 Å². The van der Waals surface area contributed by atoms with E-state index in [9.17, 15) is 9.59 Å². The second-order valence-electron chi connectivity index (χ2n) is 9.85. The average Bonchev–Trinajstić information content (AvgIpc) is 3.69. The number of ether oxygens (including phenoxy) is 2. The Morgan fingerprint density at radius 3 is 2.50 bits per heavy atom. The molecule has 1 aliphatic carbocycles. The van der Waals surface area contributed by atoms with Crippen LogP contribution in [0, 0.1) is 5.92 Å². The van der Waals surface area contributed by atoms with Gasteiger partial charge in [-0.15, -0.1) is 10.2 Å². The number of amides is 2. The van der Waals surface area contributed by atoms with E-state index in [0.29, 0.717) is 26.2 Å². The molecule has 0 radical (unpaired) electrons. The van der Waals surface area contributed by atoms with E-state index in [1.54, 1.807) is 12.0 Å². The van der Waals surface area contributed by atoms with E-state index >= 15 is 0 Å². The van der Waals surface area contributed by atoms with Crippen molar-refractivity contribution < 1.29 is 19.1 Å². The number of aromatic nitrogens is 2. The van der Waals surface area contributed by atoms with Gasteiger partial charge in [0.05, 0.1) is 25.5 Å². The van der Waals surface area contributed by atoms with Gasteiger partial charge in [-0.1, -0.05) is 0 Å². The lowest BCUT2D eigenvalue weighted by molar-refractivity contribution is -0.142. The molecular weight excluding hydrogens is 458 g/mol. The first-order chi connectivity index (χ1) is 17.6. The number of benzene rings is 1. The number of carbonyl (C=O) groups is 2. The lowest BCUT2D eigenvalue weighted by Crippen LogP contribution is -2.47. The molecule has 9 nitrogen and oxygen atoms in total. The molecule has 1 aromatic carbocycles. The highest BCUT2D eigenvalue weighted by Gasteiger charge is 2.36. The zero-order chi connectivity index (χ0) is 24.9. The molecule has 0 unspecified atom stereocenters. The van der Waals surface area contributed by atoms with Crippen LogP contribution >= 0.6 is 0 Å². The Hall–Kier alpha value is -3.20. The van der Waals surface area contributed by atoms with E-state index in [1.807, 2.05) is 41.3 Å². The molecule has 2 aromatic rings. The van der Waals surface area contributed by atoms with Crippen molar-refractivity contribution in [2.24, 2.45) is 5.92 Å². The number of carbonyl (C=O) groups excluding carboxylic acids is 2. The van der Waals surface area contributed by atoms with Gasteiger partial charge in [0.25, 0.3) is 0 Å². The van der Waals surface area contributed by atoms with Crippen LogP contribution in [0.25, 0.3) is 11.3 Å². The fourth-order valence-electron chi connectivity index (χ4n) is 4.92. The van der Waals surface area contributed by atoms with E-state index < -0.39 is 0 Å². The Bertz CT molecular complexity index is 1040. The van der Waals surface area contributed by atoms with E-state index in [4.69, 9.17) is 9.47 Å². The standard InChI is InChI=1S/C27H35N5O4/c1-35-22-9-7-20(8-10-22)24-11-12-25(29-28-24)30-13-3-14-31(16-15-30)26(33)19-32(27(34)21-5-6-21)18-23-4-2-17-36-23/h7-12,21,23H,2-6,13-19H2,1H3/t23-/m1/s1. The van der Waals surface area contributed by atoms with E-state index in [-0.39, 0.29) is 30.4 Å². The Kier molecular flexibility index (Phi) is 7.65. The van der Waals surface area contributed by atoms with Crippen molar-refractivity contribution in [2.45, 2.75) is 38.2 Å². The van der Waals surface area contributed by atoms with Gasteiger partial charge >= 0.3 is 0 Å². The maximum atomic E-state index is 13.2. The van der Waals surface area contributed by atoms with Gasteiger partial charge in [-0.2, -0.15) is 0 Å². The van der Waals surface area contributed by atoms with Crippen molar-refractivity contribution in [2.75, 3.05) is 57.9 Å². The molecule has 1 saturated carbocycles. The van der Waals surface area contributed by atoms with Crippen LogP contribution < -0.4 is 9.64 Å². The third-order valence-electron chi connectivity index (χ3n) is 7.22. The van der Waals surface area contributed by atoms with Crippen LogP contribution in [-0.2, 0) is 14.3 Å². The molecule has 5 rings (SSSR count). The van der Waals surface area contributed by atoms with Crippen LogP contribution in [0.5, 0.6) is 5.75 Å². The number of hydrogen-bond donors (Lipinski definition) is 0. The fraction of sp³-hybridized carbons (Fsp3) is 0.556. The van der Waals surface area contributed by atoms with Crippen LogP contribution in [-0.4, -0.2) is 90.9 Å². The predicted molar refractivity (Wildman–Crippen MR) is 136 cm³/mol. The molecule has 0 spiro atoms. The topological polar surface area (TPSA) is 88.1 Å². The third kappa shape index (κ3) is 5.95. The van der Waals surface area contributed by atoms with Crippen LogP contribution in [0.4, 0.5) is 5.82 Å². The zero-order valence-corrected chi connectivity index (χ0v) is 21.0. The molecule has 1 atom stereocenters. The summed E-state index contributed by atoms with van der Waals surface area (Å²) in [5.74, 6) is 1.84. The lowest BCUT2D eigenvalue weighted by Gasteiger charge is -2.28. The zero-order valence-electron chi connectivity index (χ0n) is 21.0. The highest BCUT2D eigenvalue weighted by Crippen LogP contribution is 2.31. The van der Waals surface area contributed by atoms with E-state index in [2.05, 4.69) is 15.1 Å². The molecule has 2 saturated heterocycles. The van der Waals surface area contributed by atoms with Gasteiger partial charge in [-0.25, -0.2) is 0 Å². The van der Waals surface area contributed by atoms with Gasteiger partial charge in [0.1, 0.15) is 5.75 Å². The Morgan fingerprint density at radius 2 is 1.83 bits per heavy atom. The number of hydrogen-bond acceptors (Lipinski definition) is 7. The summed E-state index contributed by atoms with van der Waals surface area (Å²) in [5, 5.41) is 8.89. The second-order valence-corrected chi connectivity index (χ2v) is 9.85. The normalized spacial score (nSPS) is 20.2. The highest BCUT2D eigenvalue weighted by atomic mass is 16.5. The summed E-state index contributed by atoms with van der Waals surface area (Å²) < 4.78 is 11.0. The Labute approximate surface area is 212 Å². The SMILES string of the molecule is COc1ccc(-c2ccc(N3CCCN(C(=O)CN(C[C@H]4CCCO4)C(=O)C4CC4)CC3)nn2)cc1. The van der Waals surface area contributed by atoms with Crippen molar-refractivity contribution in [3.8, 4) is 17.0 Å². The monoisotopic (exact) mass is 493 g/mol. The maximum absolute atomic E-state index is 13.2. The summed E-state index contributed by atoms with van der Waals surface area (Å²) in [5.41, 5.74) is 1.79. The molecule has 192 valence electrons. The molecular formula is C27H35N5O4. The number of nitrogens with zero attached hydrogens (tertiary/aromatic N) is 5. The molecule has 3 heterocycles. The highest BCUT2D eigenvalue weighted by molar-refractivity contribution is 5.87. The molecule has 2 amide bonds. The molecule has 0 bridgehead atoms. The first-order valence-electron chi connectivity index (χ1n) is 13.0. The first-order valence-corrected chi connectivity index (χ1v) is 13.0. The lowest BCUT2D eigenvalue weighted by atomic mass is 10.1. The molecule has 9 heteroatoms. The summed E-state index contributed by atoms with van der Waals surface area (Å²) in [6.07, 6.45) is 4.75. The molecule has 36 heavy (non-hydrogen) atoms. The Balaban J connectivity index is 1.17. The van der Waals surface area contributed by atoms with Crippen molar-refractivity contribution in [1.29, 1.82) is 0 Å². The number of rotatable bonds is 8. The van der Waals surface area contributed by atoms with Gasteiger partial charge < -0.3 is 24.2 Å². The Morgan fingerprint density at radius 1 is 1.00 bits per heavy atom. The van der Waals surface area contributed by atoms with E-state index in [1.165, 1.54) is 0 Å². The molecule has 0 N–H and O–H groups in total. The fourth-order valence-corrected chi connectivity index (χ4v) is 4.92. The van der Waals surface area contributed by atoms with Crippen LogP contribution in [0.1, 0.15) is 32.1 Å². The van der Waals surface area contributed by atoms with Crippen molar-refractivity contribution >= 4 is 17.6 Å². The summed E-state index contributed by atoms with van der Waals surface area (Å²) in [4.78, 5) is 31.9. The largest absolute Gasteiger partial charge is 0.497 e. The maximum Gasteiger partial charge on any atom is 0.242 e. The van der Waals surface area contributed by atoms with Gasteiger partial charge in [0, 0.05) is 50.8 Å². The number of anilines is 1. The van der Waals surface area contributed by atoms with Crippen LogP contribution in [0.15, 0.2) is 36.4 Å². The summed E-state index contributed by atoms with van der Waals surface area (Å²) in [6.45, 7) is 4.19. The van der Waals surface area contributed by atoms with Crippen molar-refractivity contribution in [3.63, 3.8) is 0 Å². The van der Waals surface area contributed by atoms with Crippen LogP contribution in [0.2, 0.25) is 0 Å². The average molecular weight is 494 g/mol. The third-order valence-corrected chi connectivity index (χ3v) is 7.22. The molecule has 3 fully saturated rings. The summed E-state index contributed by atoms with van der Waals surface area (Å²) in [6, 6.07) is 11.7. The minimum absolute atomic E-state index is 0.0183. The number of methoxy groups -OCH3 is 1. The molecule has 1 aromatic heterocycles. The quantitative estimate of drug-likeness (QED) is 0.559. The van der Waals surface area contributed by atoms with Crippen molar-refractivity contribution in [3.05, 3.63) is 36.4 Å². The van der Waals surface area contributed by atoms with Crippen molar-refractivity contribution in [1.82, 2.24) is 20.0 Å². The minimum Gasteiger partial charge on any atom is -0.497 e. The molecule has 3 aliphatic rings. The van der Waals surface area contributed by atoms with Gasteiger partial charge in [0.2, 0.25) is 11.8 Å². The van der Waals surface area contributed by atoms with Gasteiger partial charge in [0.15, 0.2) is 5.82 Å². The summed E-state index contributed by atoms with van der Waals surface area (Å²) in [7, 11) is 1.65. The first kappa shape index (κ1) is 24.5. The smallest absolute Gasteiger partial charge is 0.242 e. The summed E-state index contributed by atoms with van der Waals surface area (Å²) >= 11 is 0. The predicted octanol–water partition coefficient (Wildman–Crippen LogP) is 2.61. The van der Waals surface area contributed by atoms with Crippen LogP contribution in [0.3, 0.4) is 0 Å².